The third kappa shape index (κ3) is 4.43. The Hall–Kier alpha value is -2.14. The van der Waals surface area contributed by atoms with E-state index in [4.69, 9.17) is 17.2 Å². The van der Waals surface area contributed by atoms with Crippen molar-refractivity contribution in [3.8, 4) is 17.3 Å². The summed E-state index contributed by atoms with van der Waals surface area (Å²) in [5.41, 5.74) is 4.82. The Morgan fingerprint density at radius 2 is 1.95 bits per heavy atom. The first-order chi connectivity index (χ1) is 10.4. The van der Waals surface area contributed by atoms with Gasteiger partial charge in [0.2, 0.25) is 0 Å². The number of nitrogens with zero attached hydrogens (tertiary/aromatic N) is 2. The summed E-state index contributed by atoms with van der Waals surface area (Å²) < 4.78 is 0. The number of aromatic nitrogens is 1. The van der Waals surface area contributed by atoms with Gasteiger partial charge in [-0.05, 0) is 67.5 Å². The van der Waals surface area contributed by atoms with Crippen LogP contribution in [0.15, 0.2) is 36.4 Å². The van der Waals surface area contributed by atoms with Gasteiger partial charge in [-0.1, -0.05) is 26.8 Å². The SMILES string of the molecule is [CH]Cc1cc(C#N)cc(-c2cccc(CCC(C)(C)C)n2)c1. The molecule has 0 spiro atoms. The van der Waals surface area contributed by atoms with E-state index in [0.717, 1.165) is 35.4 Å². The van der Waals surface area contributed by atoms with Crippen molar-refractivity contribution in [3.63, 3.8) is 0 Å². The largest absolute Gasteiger partial charge is 0.253 e. The summed E-state index contributed by atoms with van der Waals surface area (Å²) in [6.45, 7) is 12.4. The van der Waals surface area contributed by atoms with Gasteiger partial charge in [0.05, 0.1) is 17.3 Å². The highest BCUT2D eigenvalue weighted by Gasteiger charge is 2.11. The molecule has 0 amide bonds. The highest BCUT2D eigenvalue weighted by atomic mass is 14.7. The van der Waals surface area contributed by atoms with E-state index in [0.29, 0.717) is 17.4 Å². The van der Waals surface area contributed by atoms with Gasteiger partial charge in [-0.15, -0.1) is 0 Å². The summed E-state index contributed by atoms with van der Waals surface area (Å²) in [6, 6.07) is 14.0. The van der Waals surface area contributed by atoms with E-state index >= 15 is 0 Å². The van der Waals surface area contributed by atoms with Crippen LogP contribution >= 0.6 is 0 Å². The molecule has 0 atom stereocenters. The lowest BCUT2D eigenvalue weighted by atomic mass is 9.90. The molecule has 0 saturated heterocycles. The van der Waals surface area contributed by atoms with Crippen molar-refractivity contribution in [1.29, 1.82) is 5.26 Å². The third-order valence-electron chi connectivity index (χ3n) is 3.59. The summed E-state index contributed by atoms with van der Waals surface area (Å²) in [6.07, 6.45) is 2.47. The van der Waals surface area contributed by atoms with Crippen LogP contribution in [-0.2, 0) is 12.8 Å². The predicted octanol–water partition coefficient (Wildman–Crippen LogP) is 4.85. The molecular weight excluding hydrogens is 268 g/mol. The number of aryl methyl sites for hydroxylation is 1. The molecule has 1 aromatic carbocycles. The minimum atomic E-state index is 0.297. The van der Waals surface area contributed by atoms with E-state index in [2.05, 4.69) is 32.9 Å². The summed E-state index contributed by atoms with van der Waals surface area (Å²) in [7, 11) is 0. The molecule has 22 heavy (non-hydrogen) atoms. The first kappa shape index (κ1) is 16.2. The molecule has 2 aromatic rings. The number of benzene rings is 1. The van der Waals surface area contributed by atoms with Crippen LogP contribution in [0.5, 0.6) is 0 Å². The Morgan fingerprint density at radius 1 is 1.18 bits per heavy atom. The molecule has 0 aliphatic rings. The second-order valence-electron chi connectivity index (χ2n) is 6.81. The van der Waals surface area contributed by atoms with Crippen LogP contribution < -0.4 is 0 Å². The molecule has 0 bridgehead atoms. The van der Waals surface area contributed by atoms with Crippen LogP contribution in [-0.4, -0.2) is 4.98 Å². The van der Waals surface area contributed by atoms with Crippen molar-refractivity contribution >= 4 is 0 Å². The van der Waals surface area contributed by atoms with E-state index in [9.17, 15) is 0 Å². The maximum Gasteiger partial charge on any atom is 0.0991 e. The Balaban J connectivity index is 2.31. The lowest BCUT2D eigenvalue weighted by Gasteiger charge is -2.17. The van der Waals surface area contributed by atoms with Crippen molar-refractivity contribution in [2.24, 2.45) is 5.41 Å². The van der Waals surface area contributed by atoms with E-state index in [1.807, 2.05) is 30.3 Å². The van der Waals surface area contributed by atoms with Crippen LogP contribution in [0, 0.1) is 23.7 Å². The molecule has 1 aromatic heterocycles. The van der Waals surface area contributed by atoms with Crippen molar-refractivity contribution in [2.45, 2.75) is 40.0 Å². The summed E-state index contributed by atoms with van der Waals surface area (Å²) in [5, 5.41) is 9.15. The van der Waals surface area contributed by atoms with E-state index < -0.39 is 0 Å². The fourth-order valence-corrected chi connectivity index (χ4v) is 2.30. The Kier molecular flexibility index (Phi) is 4.98. The van der Waals surface area contributed by atoms with Crippen molar-refractivity contribution in [1.82, 2.24) is 4.98 Å². The molecule has 112 valence electrons. The van der Waals surface area contributed by atoms with Gasteiger partial charge < -0.3 is 0 Å². The van der Waals surface area contributed by atoms with Crippen LogP contribution in [0.4, 0.5) is 0 Å². The van der Waals surface area contributed by atoms with Gasteiger partial charge in [0.25, 0.3) is 0 Å². The van der Waals surface area contributed by atoms with Gasteiger partial charge in [-0.25, -0.2) is 0 Å². The van der Waals surface area contributed by atoms with Crippen LogP contribution in [0.25, 0.3) is 11.3 Å². The Bertz CT molecular complexity index is 688. The maximum absolute atomic E-state index is 9.15. The summed E-state index contributed by atoms with van der Waals surface area (Å²) in [5.74, 6) is 0. The quantitative estimate of drug-likeness (QED) is 0.807. The zero-order valence-electron chi connectivity index (χ0n) is 13.6. The smallest absolute Gasteiger partial charge is 0.0991 e. The van der Waals surface area contributed by atoms with Gasteiger partial charge in [-0.3, -0.25) is 4.98 Å². The van der Waals surface area contributed by atoms with Gasteiger partial charge in [0.15, 0.2) is 0 Å². The monoisotopic (exact) mass is 290 g/mol. The van der Waals surface area contributed by atoms with Gasteiger partial charge in [0.1, 0.15) is 0 Å². The molecule has 1 heterocycles. The molecule has 0 saturated carbocycles. The lowest BCUT2D eigenvalue weighted by Crippen LogP contribution is -2.07. The lowest BCUT2D eigenvalue weighted by molar-refractivity contribution is 0.376. The van der Waals surface area contributed by atoms with E-state index in [-0.39, 0.29) is 0 Å². The van der Waals surface area contributed by atoms with Crippen molar-refractivity contribution < 1.29 is 0 Å². The average molecular weight is 290 g/mol. The summed E-state index contributed by atoms with van der Waals surface area (Å²) in [4.78, 5) is 4.75. The average Bonchev–Trinajstić information content (AvgIpc) is 2.52. The first-order valence-corrected chi connectivity index (χ1v) is 7.62. The Labute approximate surface area is 133 Å². The van der Waals surface area contributed by atoms with Crippen molar-refractivity contribution in [2.75, 3.05) is 0 Å². The topological polar surface area (TPSA) is 36.7 Å². The molecule has 0 aliphatic carbocycles. The molecule has 2 radical (unpaired) electrons. The fourth-order valence-electron chi connectivity index (χ4n) is 2.30. The molecule has 2 rings (SSSR count). The molecular formula is C20H22N2. The molecule has 0 aliphatic heterocycles. The Morgan fingerprint density at radius 3 is 2.59 bits per heavy atom. The second-order valence-corrected chi connectivity index (χ2v) is 6.81. The zero-order valence-corrected chi connectivity index (χ0v) is 13.6. The summed E-state index contributed by atoms with van der Waals surface area (Å²) >= 11 is 0. The third-order valence-corrected chi connectivity index (χ3v) is 3.59. The minimum Gasteiger partial charge on any atom is -0.253 e. The molecule has 0 fully saturated rings. The van der Waals surface area contributed by atoms with Crippen LogP contribution in [0.2, 0.25) is 0 Å². The van der Waals surface area contributed by atoms with Crippen LogP contribution in [0.3, 0.4) is 0 Å². The van der Waals surface area contributed by atoms with Crippen LogP contribution in [0.1, 0.15) is 44.0 Å². The minimum absolute atomic E-state index is 0.297. The number of hydrogen-bond donors (Lipinski definition) is 0. The fraction of sp³-hybridized carbons (Fsp3) is 0.350. The second kappa shape index (κ2) is 6.75. The number of hydrogen-bond acceptors (Lipinski definition) is 2. The van der Waals surface area contributed by atoms with Crippen molar-refractivity contribution in [3.05, 3.63) is 60.1 Å². The van der Waals surface area contributed by atoms with Gasteiger partial charge >= 0.3 is 0 Å². The maximum atomic E-state index is 9.15. The van der Waals surface area contributed by atoms with E-state index in [1.54, 1.807) is 0 Å². The predicted molar refractivity (Wildman–Crippen MR) is 90.2 cm³/mol. The van der Waals surface area contributed by atoms with E-state index in [1.165, 1.54) is 0 Å². The molecule has 0 N–H and O–H groups in total. The number of rotatable bonds is 4. The molecule has 2 heteroatoms. The first-order valence-electron chi connectivity index (χ1n) is 7.62. The molecule has 2 nitrogen and oxygen atoms in total. The standard InChI is InChI=1S/C20H22N2/c1-5-15-11-16(14-21)13-17(12-15)19-8-6-7-18(22-19)9-10-20(2,3)4/h1,6-8,11-13H,5,9-10H2,2-4H3. The number of nitriles is 1. The highest BCUT2D eigenvalue weighted by molar-refractivity contribution is 5.63. The molecule has 0 unspecified atom stereocenters. The van der Waals surface area contributed by atoms with Gasteiger partial charge in [-0.2, -0.15) is 5.26 Å². The number of pyridine rings is 1. The van der Waals surface area contributed by atoms with Gasteiger partial charge in [0, 0.05) is 11.3 Å². The normalized spacial score (nSPS) is 11.2. The highest BCUT2D eigenvalue weighted by Crippen LogP contribution is 2.24. The zero-order chi connectivity index (χ0) is 16.2.